The molecule has 0 fully saturated rings. The molecule has 4 heteroatoms. The van der Waals surface area contributed by atoms with Gasteiger partial charge in [0.15, 0.2) is 11.6 Å². The molecule has 0 atom stereocenters. The molecule has 114 valence electrons. The predicted molar refractivity (Wildman–Crippen MR) is 94.1 cm³/mol. The third-order valence-electron chi connectivity index (χ3n) is 3.25. The standard InChI is InChI=1S/C18H18O2S2/c1-11-5-7-17(15(9-11)13(3)19)21-22-18-8-6-12(2)10-16(18)14(4)20/h5-10H,1-4H3. The van der Waals surface area contributed by atoms with Crippen LogP contribution in [0.1, 0.15) is 45.7 Å². The molecule has 2 rings (SSSR count). The number of rotatable bonds is 5. The molecule has 2 nitrogen and oxygen atoms in total. The minimum absolute atomic E-state index is 0.0579. The number of carbonyl (C=O) groups excluding carboxylic acids is 2. The first-order chi connectivity index (χ1) is 10.4. The average molecular weight is 330 g/mol. The van der Waals surface area contributed by atoms with Crippen molar-refractivity contribution >= 4 is 33.2 Å². The third kappa shape index (κ3) is 4.02. The van der Waals surface area contributed by atoms with E-state index in [4.69, 9.17) is 0 Å². The molecule has 2 aromatic carbocycles. The van der Waals surface area contributed by atoms with Gasteiger partial charge in [-0.3, -0.25) is 9.59 Å². The van der Waals surface area contributed by atoms with Crippen molar-refractivity contribution in [1.29, 1.82) is 0 Å². The second kappa shape index (κ2) is 7.16. The Labute approximate surface area is 139 Å². The summed E-state index contributed by atoms with van der Waals surface area (Å²) in [6.45, 7) is 7.11. The molecule has 2 aromatic rings. The molecule has 0 saturated heterocycles. The van der Waals surface area contributed by atoms with Crippen LogP contribution in [0.3, 0.4) is 0 Å². The van der Waals surface area contributed by atoms with Crippen molar-refractivity contribution in [2.75, 3.05) is 0 Å². The summed E-state index contributed by atoms with van der Waals surface area (Å²) in [5.74, 6) is 0.116. The summed E-state index contributed by atoms with van der Waals surface area (Å²) in [5, 5.41) is 0. The van der Waals surface area contributed by atoms with Crippen molar-refractivity contribution in [1.82, 2.24) is 0 Å². The first-order valence-corrected chi connectivity index (χ1v) is 9.11. The Kier molecular flexibility index (Phi) is 5.48. The van der Waals surface area contributed by atoms with E-state index in [-0.39, 0.29) is 11.6 Å². The minimum atomic E-state index is 0.0579. The number of hydrogen-bond acceptors (Lipinski definition) is 4. The van der Waals surface area contributed by atoms with Gasteiger partial charge < -0.3 is 0 Å². The van der Waals surface area contributed by atoms with Crippen LogP contribution in [0.15, 0.2) is 46.2 Å². The Morgan fingerprint density at radius 3 is 1.41 bits per heavy atom. The lowest BCUT2D eigenvalue weighted by molar-refractivity contribution is 0.100. The zero-order valence-electron chi connectivity index (χ0n) is 13.1. The maximum absolute atomic E-state index is 11.8. The van der Waals surface area contributed by atoms with Gasteiger partial charge in [0.25, 0.3) is 0 Å². The summed E-state index contributed by atoms with van der Waals surface area (Å²) in [4.78, 5) is 25.4. The Morgan fingerprint density at radius 2 is 1.09 bits per heavy atom. The molecule has 0 radical (unpaired) electrons. The molecule has 0 amide bonds. The van der Waals surface area contributed by atoms with Crippen molar-refractivity contribution in [3.63, 3.8) is 0 Å². The van der Waals surface area contributed by atoms with Gasteiger partial charge in [-0.05, 0) is 52.0 Å². The van der Waals surface area contributed by atoms with E-state index in [2.05, 4.69) is 0 Å². The van der Waals surface area contributed by atoms with E-state index in [0.717, 1.165) is 32.0 Å². The van der Waals surface area contributed by atoms with Gasteiger partial charge in [-0.25, -0.2) is 0 Å². The summed E-state index contributed by atoms with van der Waals surface area (Å²) in [5.41, 5.74) is 3.60. The van der Waals surface area contributed by atoms with Crippen LogP contribution >= 0.6 is 21.6 Å². The highest BCUT2D eigenvalue weighted by Crippen LogP contribution is 2.41. The Bertz CT molecular complexity index is 672. The van der Waals surface area contributed by atoms with Crippen LogP contribution in [0.4, 0.5) is 0 Å². The van der Waals surface area contributed by atoms with E-state index in [1.165, 1.54) is 21.6 Å². The monoisotopic (exact) mass is 330 g/mol. The molecule has 0 aromatic heterocycles. The van der Waals surface area contributed by atoms with Gasteiger partial charge in [-0.15, -0.1) is 0 Å². The number of aryl methyl sites for hydroxylation is 2. The number of benzene rings is 2. The van der Waals surface area contributed by atoms with Crippen molar-refractivity contribution in [2.45, 2.75) is 37.5 Å². The van der Waals surface area contributed by atoms with Crippen LogP contribution < -0.4 is 0 Å². The van der Waals surface area contributed by atoms with Crippen LogP contribution in [0.2, 0.25) is 0 Å². The van der Waals surface area contributed by atoms with Gasteiger partial charge in [0, 0.05) is 20.9 Å². The van der Waals surface area contributed by atoms with Gasteiger partial charge >= 0.3 is 0 Å². The molecule has 22 heavy (non-hydrogen) atoms. The molecule has 0 N–H and O–H groups in total. The quantitative estimate of drug-likeness (QED) is 0.535. The molecular formula is C18H18O2S2. The zero-order chi connectivity index (χ0) is 16.3. The number of Topliss-reactive ketones (excluding diaryl/α,β-unsaturated/α-hetero) is 2. The fourth-order valence-corrected chi connectivity index (χ4v) is 4.50. The van der Waals surface area contributed by atoms with E-state index in [0.29, 0.717) is 0 Å². The lowest BCUT2D eigenvalue weighted by Gasteiger charge is -2.10. The highest BCUT2D eigenvalue weighted by molar-refractivity contribution is 8.76. The Balaban J connectivity index is 2.28. The second-order valence-corrected chi connectivity index (χ2v) is 7.49. The Hall–Kier alpha value is -1.52. The summed E-state index contributed by atoms with van der Waals surface area (Å²) >= 11 is 0. The molecule has 0 aliphatic heterocycles. The summed E-state index contributed by atoms with van der Waals surface area (Å²) in [6, 6.07) is 11.7. The number of hydrogen-bond donors (Lipinski definition) is 0. The van der Waals surface area contributed by atoms with Gasteiger partial charge in [0.2, 0.25) is 0 Å². The normalized spacial score (nSPS) is 10.5. The van der Waals surface area contributed by atoms with E-state index in [1.54, 1.807) is 13.8 Å². The summed E-state index contributed by atoms with van der Waals surface area (Å²) in [6.07, 6.45) is 0. The zero-order valence-corrected chi connectivity index (χ0v) is 14.7. The summed E-state index contributed by atoms with van der Waals surface area (Å²) in [7, 11) is 3.04. The average Bonchev–Trinajstić information content (AvgIpc) is 2.46. The molecule has 0 spiro atoms. The van der Waals surface area contributed by atoms with Gasteiger partial charge in [0.05, 0.1) is 0 Å². The highest BCUT2D eigenvalue weighted by atomic mass is 33.1. The van der Waals surface area contributed by atoms with Crippen molar-refractivity contribution in [3.05, 3.63) is 58.7 Å². The van der Waals surface area contributed by atoms with Crippen molar-refractivity contribution in [3.8, 4) is 0 Å². The largest absolute Gasteiger partial charge is 0.294 e. The highest BCUT2D eigenvalue weighted by Gasteiger charge is 2.12. The molecular weight excluding hydrogens is 312 g/mol. The Morgan fingerprint density at radius 1 is 0.727 bits per heavy atom. The molecule has 0 bridgehead atoms. The van der Waals surface area contributed by atoms with E-state index in [1.807, 2.05) is 50.2 Å². The second-order valence-electron chi connectivity index (χ2n) is 5.28. The lowest BCUT2D eigenvalue weighted by atomic mass is 10.1. The smallest absolute Gasteiger partial charge is 0.160 e. The van der Waals surface area contributed by atoms with E-state index < -0.39 is 0 Å². The van der Waals surface area contributed by atoms with Crippen molar-refractivity contribution in [2.24, 2.45) is 0 Å². The molecule has 0 aliphatic carbocycles. The first-order valence-electron chi connectivity index (χ1n) is 6.96. The number of carbonyl (C=O) groups is 2. The van der Waals surface area contributed by atoms with Crippen molar-refractivity contribution < 1.29 is 9.59 Å². The summed E-state index contributed by atoms with van der Waals surface area (Å²) < 4.78 is 0. The van der Waals surface area contributed by atoms with E-state index in [9.17, 15) is 9.59 Å². The predicted octanol–water partition coefficient (Wildman–Crippen LogP) is 5.51. The molecule has 0 heterocycles. The van der Waals surface area contributed by atoms with Crippen LogP contribution in [0.25, 0.3) is 0 Å². The van der Waals surface area contributed by atoms with Gasteiger partial charge in [-0.1, -0.05) is 44.8 Å². The molecule has 0 aliphatic rings. The first kappa shape index (κ1) is 16.8. The SMILES string of the molecule is CC(=O)c1cc(C)ccc1SSc1ccc(C)cc1C(C)=O. The van der Waals surface area contributed by atoms with E-state index >= 15 is 0 Å². The van der Waals surface area contributed by atoms with Gasteiger partial charge in [0.1, 0.15) is 0 Å². The van der Waals surface area contributed by atoms with Crippen LogP contribution in [-0.2, 0) is 0 Å². The fraction of sp³-hybridized carbons (Fsp3) is 0.222. The maximum Gasteiger partial charge on any atom is 0.160 e. The molecule has 0 unspecified atom stereocenters. The fourth-order valence-electron chi connectivity index (χ4n) is 2.07. The maximum atomic E-state index is 11.8. The van der Waals surface area contributed by atoms with Crippen LogP contribution in [0, 0.1) is 13.8 Å². The third-order valence-corrected chi connectivity index (χ3v) is 5.73. The topological polar surface area (TPSA) is 34.1 Å². The van der Waals surface area contributed by atoms with Gasteiger partial charge in [-0.2, -0.15) is 0 Å². The lowest BCUT2D eigenvalue weighted by Crippen LogP contribution is -1.96. The number of ketones is 2. The minimum Gasteiger partial charge on any atom is -0.294 e. The molecule has 0 saturated carbocycles. The van der Waals surface area contributed by atoms with Crippen LogP contribution in [0.5, 0.6) is 0 Å². The van der Waals surface area contributed by atoms with Crippen LogP contribution in [-0.4, -0.2) is 11.6 Å².